The van der Waals surface area contributed by atoms with Crippen LogP contribution in [0.3, 0.4) is 0 Å². The van der Waals surface area contributed by atoms with Crippen LogP contribution in [0.1, 0.15) is 24.0 Å². The van der Waals surface area contributed by atoms with Gasteiger partial charge >= 0.3 is 5.97 Å². The average molecular weight is 408 g/mol. The highest BCUT2D eigenvalue weighted by atomic mass is 35.5. The predicted molar refractivity (Wildman–Crippen MR) is 104 cm³/mol. The van der Waals surface area contributed by atoms with Crippen molar-refractivity contribution in [3.63, 3.8) is 0 Å². The van der Waals surface area contributed by atoms with Crippen LogP contribution in [0.15, 0.2) is 53.4 Å². The van der Waals surface area contributed by atoms with Gasteiger partial charge in [0.1, 0.15) is 5.41 Å². The summed E-state index contributed by atoms with van der Waals surface area (Å²) < 4.78 is 31.9. The molecule has 0 aromatic heterocycles. The fourth-order valence-corrected chi connectivity index (χ4v) is 6.32. The summed E-state index contributed by atoms with van der Waals surface area (Å²) in [5.74, 6) is -1.19. The maximum atomic E-state index is 13.4. The lowest BCUT2D eigenvalue weighted by atomic mass is 9.99. The van der Waals surface area contributed by atoms with Crippen LogP contribution in [0.25, 0.3) is 0 Å². The maximum Gasteiger partial charge on any atom is 0.315 e. The molecule has 1 fully saturated rings. The number of carbonyl (C=O) groups is 1. The Labute approximate surface area is 164 Å². The summed E-state index contributed by atoms with van der Waals surface area (Å²) in [6, 6.07) is 13.5. The number of hydrogen-bond acceptors (Lipinski definition) is 5. The summed E-state index contributed by atoms with van der Waals surface area (Å²) in [4.78, 5) is 12.9. The van der Waals surface area contributed by atoms with E-state index in [2.05, 4.69) is 0 Å². The van der Waals surface area contributed by atoms with Crippen LogP contribution in [-0.4, -0.2) is 32.8 Å². The summed E-state index contributed by atoms with van der Waals surface area (Å²) in [5, 5.41) is -0.518. The molecule has 3 atom stereocenters. The van der Waals surface area contributed by atoms with Crippen LogP contribution in [0.5, 0.6) is 0 Å². The summed E-state index contributed by atoms with van der Waals surface area (Å²) in [7, 11) is -3.80. The molecular formula is C20H22ClNO4S. The van der Waals surface area contributed by atoms with E-state index in [-0.39, 0.29) is 18.0 Å². The molecule has 2 N–H and O–H groups in total. The van der Waals surface area contributed by atoms with E-state index in [1.807, 2.05) is 6.92 Å². The first-order valence-electron chi connectivity index (χ1n) is 8.72. The van der Waals surface area contributed by atoms with Crippen LogP contribution in [0.2, 0.25) is 5.02 Å². The molecule has 1 aliphatic carbocycles. The largest absolute Gasteiger partial charge is 0.465 e. The lowest BCUT2D eigenvalue weighted by Crippen LogP contribution is -2.33. The predicted octanol–water partition coefficient (Wildman–Crippen LogP) is 3.10. The van der Waals surface area contributed by atoms with E-state index < -0.39 is 32.4 Å². The highest BCUT2D eigenvalue weighted by molar-refractivity contribution is 7.92. The second kappa shape index (κ2) is 7.26. The van der Waals surface area contributed by atoms with Gasteiger partial charge in [-0.25, -0.2) is 8.42 Å². The van der Waals surface area contributed by atoms with Crippen molar-refractivity contribution in [2.75, 3.05) is 13.2 Å². The van der Waals surface area contributed by atoms with Gasteiger partial charge in [0.05, 0.1) is 16.8 Å². The van der Waals surface area contributed by atoms with Crippen molar-refractivity contribution >= 4 is 27.4 Å². The van der Waals surface area contributed by atoms with E-state index in [0.717, 1.165) is 5.56 Å². The Morgan fingerprint density at radius 1 is 1.22 bits per heavy atom. The molecule has 2 aromatic carbocycles. The number of aryl methyl sites for hydroxylation is 1. The number of rotatable bonds is 6. The number of esters is 1. The number of carbonyl (C=O) groups excluding carboxylic acids is 1. The zero-order valence-corrected chi connectivity index (χ0v) is 16.8. The zero-order valence-electron chi connectivity index (χ0n) is 15.2. The molecule has 0 radical (unpaired) electrons. The Morgan fingerprint density at radius 2 is 1.89 bits per heavy atom. The molecule has 2 aromatic rings. The fourth-order valence-electron chi connectivity index (χ4n) is 3.74. The van der Waals surface area contributed by atoms with E-state index in [1.54, 1.807) is 55.5 Å². The van der Waals surface area contributed by atoms with Crippen molar-refractivity contribution in [2.24, 2.45) is 11.1 Å². The van der Waals surface area contributed by atoms with Crippen LogP contribution < -0.4 is 5.73 Å². The van der Waals surface area contributed by atoms with Gasteiger partial charge in [-0.1, -0.05) is 41.4 Å². The van der Waals surface area contributed by atoms with Crippen molar-refractivity contribution in [3.05, 3.63) is 64.7 Å². The first kappa shape index (κ1) is 19.9. The smallest absolute Gasteiger partial charge is 0.315 e. The molecule has 0 aliphatic heterocycles. The summed E-state index contributed by atoms with van der Waals surface area (Å²) in [6.45, 7) is 3.59. The molecule has 0 spiro atoms. The minimum absolute atomic E-state index is 0.126. The number of halogens is 1. The molecule has 0 unspecified atom stereocenters. The molecule has 0 saturated heterocycles. The molecule has 7 heteroatoms. The van der Waals surface area contributed by atoms with Crippen molar-refractivity contribution < 1.29 is 17.9 Å². The van der Waals surface area contributed by atoms with E-state index >= 15 is 0 Å². The lowest BCUT2D eigenvalue weighted by Gasteiger charge is -2.14. The Hall–Kier alpha value is -1.89. The molecular weight excluding hydrogens is 386 g/mol. The minimum atomic E-state index is -3.80. The number of sulfone groups is 1. The molecule has 0 amide bonds. The second-order valence-corrected chi connectivity index (χ2v) is 9.28. The quantitative estimate of drug-likeness (QED) is 0.743. The number of ether oxygens (including phenoxy) is 1. The molecule has 27 heavy (non-hydrogen) atoms. The minimum Gasteiger partial charge on any atom is -0.465 e. The summed E-state index contributed by atoms with van der Waals surface area (Å²) in [6.07, 6.45) is 0. The SMILES string of the molecule is CCOC(=O)[C@]1(CN)[C@H](c2cccc(Cl)c2)[C@H]1S(=O)(=O)c1ccc(C)cc1. The molecule has 3 rings (SSSR count). The second-order valence-electron chi connectivity index (χ2n) is 6.78. The molecule has 0 bridgehead atoms. The van der Waals surface area contributed by atoms with Gasteiger partial charge in [-0.15, -0.1) is 0 Å². The van der Waals surface area contributed by atoms with Gasteiger partial charge in [0.25, 0.3) is 0 Å². The Bertz CT molecular complexity index is 958. The van der Waals surface area contributed by atoms with E-state index in [1.165, 1.54) is 0 Å². The lowest BCUT2D eigenvalue weighted by molar-refractivity contribution is -0.149. The van der Waals surface area contributed by atoms with Crippen molar-refractivity contribution in [1.29, 1.82) is 0 Å². The molecule has 0 heterocycles. The third-order valence-corrected chi connectivity index (χ3v) is 7.67. The third-order valence-electron chi connectivity index (χ3n) is 5.14. The van der Waals surface area contributed by atoms with Crippen LogP contribution in [0.4, 0.5) is 0 Å². The van der Waals surface area contributed by atoms with Crippen molar-refractivity contribution in [2.45, 2.75) is 29.9 Å². The average Bonchev–Trinajstić information content (AvgIpc) is 3.34. The summed E-state index contributed by atoms with van der Waals surface area (Å²) in [5.41, 5.74) is 6.26. The van der Waals surface area contributed by atoms with Gasteiger partial charge in [-0.2, -0.15) is 0 Å². The molecule has 144 valence electrons. The third kappa shape index (κ3) is 3.26. The van der Waals surface area contributed by atoms with Crippen molar-refractivity contribution in [1.82, 2.24) is 0 Å². The Balaban J connectivity index is 2.12. The van der Waals surface area contributed by atoms with Gasteiger partial charge in [0.15, 0.2) is 9.84 Å². The van der Waals surface area contributed by atoms with Crippen LogP contribution >= 0.6 is 11.6 Å². The van der Waals surface area contributed by atoms with Crippen LogP contribution in [0, 0.1) is 12.3 Å². The standard InChI is InChI=1S/C20H22ClNO4S/c1-3-26-19(23)20(12-22)17(14-5-4-6-15(21)11-14)18(20)27(24,25)16-9-7-13(2)8-10-16/h4-11,17-18H,3,12,22H2,1-2H3/t17-,18-,20-/m1/s1. The van der Waals surface area contributed by atoms with Crippen LogP contribution in [-0.2, 0) is 19.4 Å². The monoisotopic (exact) mass is 407 g/mol. The number of nitrogens with two attached hydrogens (primary N) is 1. The van der Waals surface area contributed by atoms with Gasteiger partial charge < -0.3 is 10.5 Å². The first-order valence-corrected chi connectivity index (χ1v) is 10.6. The normalized spacial score (nSPS) is 24.4. The van der Waals surface area contributed by atoms with E-state index in [4.69, 9.17) is 22.1 Å². The van der Waals surface area contributed by atoms with E-state index in [0.29, 0.717) is 10.6 Å². The van der Waals surface area contributed by atoms with Gasteiger partial charge in [-0.05, 0) is 43.7 Å². The van der Waals surface area contributed by atoms with Gasteiger partial charge in [-0.3, -0.25) is 4.79 Å². The Kier molecular flexibility index (Phi) is 5.34. The van der Waals surface area contributed by atoms with E-state index in [9.17, 15) is 13.2 Å². The number of hydrogen-bond donors (Lipinski definition) is 1. The van der Waals surface area contributed by atoms with Gasteiger partial charge in [0.2, 0.25) is 0 Å². The zero-order chi connectivity index (χ0) is 19.8. The van der Waals surface area contributed by atoms with Gasteiger partial charge in [0, 0.05) is 17.5 Å². The summed E-state index contributed by atoms with van der Waals surface area (Å²) >= 11 is 6.09. The van der Waals surface area contributed by atoms with Crippen molar-refractivity contribution in [3.8, 4) is 0 Å². The highest BCUT2D eigenvalue weighted by Gasteiger charge is 2.75. The molecule has 1 saturated carbocycles. The highest BCUT2D eigenvalue weighted by Crippen LogP contribution is 2.64. The maximum absolute atomic E-state index is 13.4. The number of benzene rings is 2. The first-order chi connectivity index (χ1) is 12.8. The molecule has 1 aliphatic rings. The Morgan fingerprint density at radius 3 is 2.44 bits per heavy atom. The molecule has 5 nitrogen and oxygen atoms in total. The topological polar surface area (TPSA) is 86.5 Å². The fraction of sp³-hybridized carbons (Fsp3) is 0.350.